The van der Waals surface area contributed by atoms with Crippen LogP contribution < -0.4 is 9.80 Å². The van der Waals surface area contributed by atoms with Gasteiger partial charge in [0.2, 0.25) is 0 Å². The number of hydrogen-bond donors (Lipinski definition) is 0. The van der Waals surface area contributed by atoms with Crippen molar-refractivity contribution in [2.24, 2.45) is 0 Å². The van der Waals surface area contributed by atoms with Crippen LogP contribution in [-0.2, 0) is 0 Å². The van der Waals surface area contributed by atoms with Gasteiger partial charge in [0.1, 0.15) is 0 Å². The highest BCUT2D eigenvalue weighted by Crippen LogP contribution is 2.29. The van der Waals surface area contributed by atoms with Gasteiger partial charge in [0.05, 0.1) is 13.3 Å². The number of hydrogen-bond acceptors (Lipinski definition) is 2. The third kappa shape index (κ3) is 3.76. The second kappa shape index (κ2) is 8.19. The van der Waals surface area contributed by atoms with Gasteiger partial charge in [-0.3, -0.25) is 4.90 Å². The van der Waals surface area contributed by atoms with Crippen LogP contribution in [0.1, 0.15) is 38.5 Å². The van der Waals surface area contributed by atoms with Gasteiger partial charge in [0.25, 0.3) is 0 Å². The molecule has 4 rings (SSSR count). The molecule has 0 spiro atoms. The summed E-state index contributed by atoms with van der Waals surface area (Å²) in [7, 11) is 0. The van der Waals surface area contributed by atoms with Gasteiger partial charge in [-0.15, -0.1) is 0 Å². The van der Waals surface area contributed by atoms with Crippen molar-refractivity contribution in [3.05, 3.63) is 60.7 Å². The fourth-order valence-corrected chi connectivity index (χ4v) is 4.45. The van der Waals surface area contributed by atoms with Gasteiger partial charge in [0, 0.05) is 17.4 Å². The van der Waals surface area contributed by atoms with E-state index < -0.39 is 0 Å². The molecule has 0 N–H and O–H groups in total. The van der Waals surface area contributed by atoms with Gasteiger partial charge in [-0.1, -0.05) is 62.1 Å². The molecule has 0 atom stereocenters. The number of rotatable bonds is 3. The summed E-state index contributed by atoms with van der Waals surface area (Å²) >= 11 is 5.92. The monoisotopic (exact) mass is 365 g/mol. The van der Waals surface area contributed by atoms with Crippen LogP contribution in [0.25, 0.3) is 0 Å². The molecule has 0 amide bonds. The molecule has 1 aliphatic heterocycles. The van der Waals surface area contributed by atoms with Crippen LogP contribution in [-0.4, -0.2) is 29.4 Å². The molecule has 1 saturated heterocycles. The average Bonchev–Trinajstić information content (AvgIpc) is 2.99. The minimum absolute atomic E-state index is 0.651. The van der Waals surface area contributed by atoms with Crippen molar-refractivity contribution in [3.8, 4) is 0 Å². The van der Waals surface area contributed by atoms with E-state index >= 15 is 0 Å². The second-order valence-corrected chi connectivity index (χ2v) is 7.69. The summed E-state index contributed by atoms with van der Waals surface area (Å²) in [5.74, 6) is 0. The fourth-order valence-electron chi connectivity index (χ4n) is 4.13. The number of benzene rings is 2. The first-order chi connectivity index (χ1) is 12.8. The van der Waals surface area contributed by atoms with Gasteiger partial charge in [-0.2, -0.15) is 0 Å². The van der Waals surface area contributed by atoms with Crippen molar-refractivity contribution in [1.82, 2.24) is 4.90 Å². The second-order valence-electron chi connectivity index (χ2n) is 7.33. The molecule has 1 saturated carbocycles. The van der Waals surface area contributed by atoms with E-state index in [0.29, 0.717) is 6.04 Å². The van der Waals surface area contributed by atoms with Crippen molar-refractivity contribution in [2.45, 2.75) is 44.6 Å². The molecular formula is C22H27N3S. The molecule has 0 bridgehead atoms. The summed E-state index contributed by atoms with van der Waals surface area (Å²) in [5.41, 5.74) is 2.36. The lowest BCUT2D eigenvalue weighted by Gasteiger charge is -2.47. The zero-order chi connectivity index (χ0) is 17.8. The summed E-state index contributed by atoms with van der Waals surface area (Å²) in [6.07, 6.45) is 8.07. The SMILES string of the molecule is S=C1N(c2ccccc2)CN(C2CCCCCC2)CN1c1ccccc1. The highest BCUT2D eigenvalue weighted by atomic mass is 32.1. The van der Waals surface area contributed by atoms with Crippen molar-refractivity contribution in [1.29, 1.82) is 0 Å². The number of anilines is 2. The van der Waals surface area contributed by atoms with Gasteiger partial charge >= 0.3 is 0 Å². The molecule has 3 nitrogen and oxygen atoms in total. The van der Waals surface area contributed by atoms with E-state index in [-0.39, 0.29) is 0 Å². The van der Waals surface area contributed by atoms with Gasteiger partial charge in [0.15, 0.2) is 5.11 Å². The van der Waals surface area contributed by atoms with Crippen LogP contribution in [0.4, 0.5) is 11.4 Å². The third-order valence-corrected chi connectivity index (χ3v) is 6.03. The maximum atomic E-state index is 5.92. The normalized spacial score (nSPS) is 20.2. The predicted octanol–water partition coefficient (Wildman–Crippen LogP) is 5.24. The minimum Gasteiger partial charge on any atom is -0.305 e. The Bertz CT molecular complexity index is 659. The Morgan fingerprint density at radius 1 is 0.654 bits per heavy atom. The van der Waals surface area contributed by atoms with Crippen molar-refractivity contribution >= 4 is 28.7 Å². The first-order valence-corrected chi connectivity index (χ1v) is 10.2. The Labute approximate surface area is 162 Å². The van der Waals surface area contributed by atoms with Crippen molar-refractivity contribution in [3.63, 3.8) is 0 Å². The van der Waals surface area contributed by atoms with Crippen LogP contribution in [0.15, 0.2) is 60.7 Å². The lowest BCUT2D eigenvalue weighted by molar-refractivity contribution is 0.181. The van der Waals surface area contributed by atoms with E-state index in [1.165, 1.54) is 49.9 Å². The molecule has 1 aliphatic carbocycles. The van der Waals surface area contributed by atoms with Gasteiger partial charge < -0.3 is 9.80 Å². The summed E-state index contributed by atoms with van der Waals surface area (Å²) in [6, 6.07) is 21.8. The third-order valence-electron chi connectivity index (χ3n) is 5.58. The number of para-hydroxylation sites is 2. The van der Waals surface area contributed by atoms with Crippen molar-refractivity contribution < 1.29 is 0 Å². The van der Waals surface area contributed by atoms with Gasteiger partial charge in [-0.05, 0) is 49.3 Å². The first-order valence-electron chi connectivity index (χ1n) is 9.76. The lowest BCUT2D eigenvalue weighted by atomic mass is 10.1. The van der Waals surface area contributed by atoms with E-state index in [4.69, 9.17) is 12.2 Å². The molecule has 2 aromatic carbocycles. The van der Waals surface area contributed by atoms with E-state index in [0.717, 1.165) is 18.4 Å². The summed E-state index contributed by atoms with van der Waals surface area (Å²) in [6.45, 7) is 1.77. The number of nitrogens with zero attached hydrogens (tertiary/aromatic N) is 3. The van der Waals surface area contributed by atoms with Crippen LogP contribution in [0.5, 0.6) is 0 Å². The van der Waals surface area contributed by atoms with E-state index in [1.54, 1.807) is 0 Å². The summed E-state index contributed by atoms with van der Waals surface area (Å²) in [5, 5.41) is 0.896. The first kappa shape index (κ1) is 17.5. The Balaban J connectivity index is 1.64. The molecule has 0 unspecified atom stereocenters. The van der Waals surface area contributed by atoms with Crippen LogP contribution in [0.3, 0.4) is 0 Å². The minimum atomic E-state index is 0.651. The highest BCUT2D eigenvalue weighted by molar-refractivity contribution is 7.80. The Hall–Kier alpha value is -1.91. The van der Waals surface area contributed by atoms with Gasteiger partial charge in [-0.25, -0.2) is 0 Å². The molecule has 2 aromatic rings. The standard InChI is InChI=1S/C22H27N3S/c26-22-24(20-13-7-3-8-14-20)17-23(19-11-5-1-2-6-12-19)18-25(22)21-15-9-4-10-16-21/h3-4,7-10,13-16,19H,1-2,5-6,11-12,17-18H2. The maximum Gasteiger partial charge on any atom is 0.182 e. The molecule has 1 heterocycles. The van der Waals surface area contributed by atoms with Crippen LogP contribution in [0, 0.1) is 0 Å². The lowest BCUT2D eigenvalue weighted by Crippen LogP contribution is -2.60. The average molecular weight is 366 g/mol. The Morgan fingerprint density at radius 2 is 1.12 bits per heavy atom. The predicted molar refractivity (Wildman–Crippen MR) is 114 cm³/mol. The molecule has 136 valence electrons. The molecule has 4 heteroatoms. The zero-order valence-electron chi connectivity index (χ0n) is 15.3. The van der Waals surface area contributed by atoms with Crippen LogP contribution in [0.2, 0.25) is 0 Å². The Kier molecular flexibility index (Phi) is 5.51. The fraction of sp³-hybridized carbons (Fsp3) is 0.409. The molecular weight excluding hydrogens is 338 g/mol. The summed E-state index contributed by atoms with van der Waals surface area (Å²) in [4.78, 5) is 7.20. The topological polar surface area (TPSA) is 9.72 Å². The maximum absolute atomic E-state index is 5.92. The van der Waals surface area contributed by atoms with E-state index in [2.05, 4.69) is 75.4 Å². The quantitative estimate of drug-likeness (QED) is 0.543. The van der Waals surface area contributed by atoms with E-state index in [1.807, 2.05) is 0 Å². The van der Waals surface area contributed by atoms with E-state index in [9.17, 15) is 0 Å². The molecule has 2 fully saturated rings. The smallest absolute Gasteiger partial charge is 0.182 e. The molecule has 0 aromatic heterocycles. The Morgan fingerprint density at radius 3 is 1.58 bits per heavy atom. The van der Waals surface area contributed by atoms with Crippen molar-refractivity contribution in [2.75, 3.05) is 23.1 Å². The number of thiocarbonyl (C=S) groups is 1. The van der Waals surface area contributed by atoms with Crippen LogP contribution >= 0.6 is 12.2 Å². The largest absolute Gasteiger partial charge is 0.305 e. The molecule has 0 radical (unpaired) electrons. The molecule has 2 aliphatic rings. The summed E-state index contributed by atoms with van der Waals surface area (Å²) < 4.78 is 0. The molecule has 26 heavy (non-hydrogen) atoms. The zero-order valence-corrected chi connectivity index (χ0v) is 16.1. The highest BCUT2D eigenvalue weighted by Gasteiger charge is 2.33.